The van der Waals surface area contributed by atoms with Crippen molar-refractivity contribution >= 4 is 63.2 Å². The van der Waals surface area contributed by atoms with Gasteiger partial charge in [0.1, 0.15) is 12.4 Å². The molecule has 1 aliphatic rings. The summed E-state index contributed by atoms with van der Waals surface area (Å²) in [4.78, 5) is 39.0. The van der Waals surface area contributed by atoms with Crippen LogP contribution in [0.4, 0.5) is 10.5 Å². The number of halogens is 1. The fourth-order valence-corrected chi connectivity index (χ4v) is 5.08. The van der Waals surface area contributed by atoms with E-state index in [9.17, 15) is 14.4 Å². The molecule has 0 atom stereocenters. The van der Waals surface area contributed by atoms with Gasteiger partial charge in [0.2, 0.25) is 0 Å². The van der Waals surface area contributed by atoms with E-state index in [0.717, 1.165) is 11.8 Å². The molecule has 0 unspecified atom stereocenters. The third-order valence-corrected chi connectivity index (χ3v) is 6.86. The highest BCUT2D eigenvalue weighted by molar-refractivity contribution is 14.1. The molecule has 0 radical (unpaired) electrons. The van der Waals surface area contributed by atoms with Crippen LogP contribution in [-0.2, 0) is 9.59 Å². The first-order valence-corrected chi connectivity index (χ1v) is 13.1. The summed E-state index contributed by atoms with van der Waals surface area (Å²) in [6.45, 7) is 0.144. The van der Waals surface area contributed by atoms with E-state index in [0.29, 0.717) is 37.0 Å². The monoisotopic (exact) mass is 630 g/mol. The zero-order valence-electron chi connectivity index (χ0n) is 19.8. The Kier molecular flexibility index (Phi) is 9.07. The highest BCUT2D eigenvalue weighted by Crippen LogP contribution is 2.37. The number of hydrogen-bond acceptors (Lipinski definition) is 7. The molecule has 1 saturated heterocycles. The maximum atomic E-state index is 12.9. The van der Waals surface area contributed by atoms with Crippen LogP contribution in [0.1, 0.15) is 5.56 Å². The lowest BCUT2D eigenvalue weighted by Gasteiger charge is -2.14. The van der Waals surface area contributed by atoms with Crippen molar-refractivity contribution in [2.45, 2.75) is 0 Å². The zero-order valence-corrected chi connectivity index (χ0v) is 22.8. The molecule has 3 aromatic rings. The molecule has 8 nitrogen and oxygen atoms in total. The number of rotatable bonds is 10. The third-order valence-electron chi connectivity index (χ3n) is 5.16. The van der Waals surface area contributed by atoms with Crippen LogP contribution in [0.5, 0.6) is 17.2 Å². The van der Waals surface area contributed by atoms with Gasteiger partial charge in [0.05, 0.1) is 22.1 Å². The smallest absolute Gasteiger partial charge is 0.293 e. The summed E-state index contributed by atoms with van der Waals surface area (Å²) in [5.74, 6) is 0.805. The number of thioether (sulfide) groups is 1. The number of anilines is 1. The highest BCUT2D eigenvalue weighted by Gasteiger charge is 2.35. The molecule has 3 amide bonds. The molecule has 0 aliphatic carbocycles. The molecule has 0 aromatic heterocycles. The molecule has 3 aromatic carbocycles. The van der Waals surface area contributed by atoms with E-state index < -0.39 is 0 Å². The number of carbonyl (C=O) groups excluding carboxylic acids is 3. The average molecular weight is 630 g/mol. The Labute approximate surface area is 232 Å². The van der Waals surface area contributed by atoms with Gasteiger partial charge in [-0.1, -0.05) is 36.4 Å². The minimum Gasteiger partial charge on any atom is -0.493 e. The molecule has 190 valence electrons. The van der Waals surface area contributed by atoms with Gasteiger partial charge in [-0.2, -0.15) is 0 Å². The lowest BCUT2D eigenvalue weighted by atomic mass is 10.2. The Bertz CT molecular complexity index is 1320. The predicted molar refractivity (Wildman–Crippen MR) is 151 cm³/mol. The fourth-order valence-electron chi connectivity index (χ4n) is 3.44. The fraction of sp³-hybridized carbons (Fsp3) is 0.148. The minimum absolute atomic E-state index is 0.148. The average Bonchev–Trinajstić information content (AvgIpc) is 3.16. The number of carbonyl (C=O) groups is 3. The number of imide groups is 1. The second-order valence-electron chi connectivity index (χ2n) is 7.73. The molecular weight excluding hydrogens is 607 g/mol. The van der Waals surface area contributed by atoms with Gasteiger partial charge < -0.3 is 19.5 Å². The largest absolute Gasteiger partial charge is 0.493 e. The van der Waals surface area contributed by atoms with Crippen LogP contribution >= 0.6 is 34.4 Å². The van der Waals surface area contributed by atoms with Crippen LogP contribution in [-0.4, -0.2) is 48.8 Å². The Morgan fingerprint density at radius 1 is 1.03 bits per heavy atom. The maximum Gasteiger partial charge on any atom is 0.293 e. The van der Waals surface area contributed by atoms with Crippen molar-refractivity contribution in [3.8, 4) is 17.2 Å². The number of nitrogens with zero attached hydrogens (tertiary/aromatic N) is 1. The van der Waals surface area contributed by atoms with E-state index in [1.54, 1.807) is 30.3 Å². The van der Waals surface area contributed by atoms with E-state index in [4.69, 9.17) is 14.2 Å². The standard InChI is InChI=1S/C27H23IN2O6S/c1-34-22-15-18(14-21(28)25(22)36-17-24(31)29-19-8-4-2-5-9-19)16-23-26(32)30(27(33)37-23)12-13-35-20-10-6-3-7-11-20/h2-11,14-16H,12-13,17H2,1H3,(H,29,31)/b23-16-. The van der Waals surface area contributed by atoms with Crippen LogP contribution in [0, 0.1) is 3.57 Å². The van der Waals surface area contributed by atoms with Crippen molar-refractivity contribution in [2.75, 3.05) is 32.2 Å². The van der Waals surface area contributed by atoms with Crippen molar-refractivity contribution in [1.29, 1.82) is 0 Å². The van der Waals surface area contributed by atoms with E-state index >= 15 is 0 Å². The maximum absolute atomic E-state index is 12.9. The second kappa shape index (κ2) is 12.6. The number of hydrogen-bond donors (Lipinski definition) is 1. The Morgan fingerprint density at radius 3 is 2.43 bits per heavy atom. The molecule has 10 heteroatoms. The van der Waals surface area contributed by atoms with Gasteiger partial charge in [0.15, 0.2) is 18.1 Å². The summed E-state index contributed by atoms with van der Waals surface area (Å²) in [5, 5.41) is 2.41. The highest BCUT2D eigenvalue weighted by atomic mass is 127. The molecule has 1 heterocycles. The van der Waals surface area contributed by atoms with Crippen LogP contribution < -0.4 is 19.5 Å². The quantitative estimate of drug-likeness (QED) is 0.236. The van der Waals surface area contributed by atoms with Crippen molar-refractivity contribution in [3.63, 3.8) is 0 Å². The molecule has 1 fully saturated rings. The summed E-state index contributed by atoms with van der Waals surface area (Å²) in [6, 6.07) is 21.8. The number of benzene rings is 3. The molecule has 0 saturated carbocycles. The molecule has 4 rings (SSSR count). The van der Waals surface area contributed by atoms with Gasteiger partial charge in [-0.3, -0.25) is 19.3 Å². The first-order valence-electron chi connectivity index (χ1n) is 11.2. The topological polar surface area (TPSA) is 94.2 Å². The van der Waals surface area contributed by atoms with Crippen LogP contribution in [0.2, 0.25) is 0 Å². The molecule has 0 bridgehead atoms. The Balaban J connectivity index is 1.40. The lowest BCUT2D eigenvalue weighted by molar-refractivity contribution is -0.123. The van der Waals surface area contributed by atoms with Gasteiger partial charge in [-0.25, -0.2) is 0 Å². The first-order chi connectivity index (χ1) is 17.9. The van der Waals surface area contributed by atoms with Gasteiger partial charge in [-0.05, 0) is 82.4 Å². The molecule has 1 aliphatic heterocycles. The van der Waals surface area contributed by atoms with Crippen LogP contribution in [0.25, 0.3) is 6.08 Å². The van der Waals surface area contributed by atoms with E-state index in [1.165, 1.54) is 12.0 Å². The van der Waals surface area contributed by atoms with E-state index in [1.807, 2.05) is 48.5 Å². The van der Waals surface area contributed by atoms with Crippen molar-refractivity contribution in [1.82, 2.24) is 4.90 Å². The van der Waals surface area contributed by atoms with Gasteiger partial charge >= 0.3 is 0 Å². The minimum atomic E-state index is -0.376. The summed E-state index contributed by atoms with van der Waals surface area (Å²) in [6.07, 6.45) is 1.64. The number of ether oxygens (including phenoxy) is 3. The second-order valence-corrected chi connectivity index (χ2v) is 9.89. The third kappa shape index (κ3) is 7.04. The van der Waals surface area contributed by atoms with Crippen LogP contribution in [0.15, 0.2) is 77.7 Å². The van der Waals surface area contributed by atoms with Gasteiger partial charge in [0, 0.05) is 5.69 Å². The zero-order chi connectivity index (χ0) is 26.2. The number of nitrogens with one attached hydrogen (secondary N) is 1. The van der Waals surface area contributed by atoms with E-state index in [2.05, 4.69) is 27.9 Å². The van der Waals surface area contributed by atoms with Crippen LogP contribution in [0.3, 0.4) is 0 Å². The van der Waals surface area contributed by atoms with Gasteiger partial charge in [-0.15, -0.1) is 0 Å². The Hall–Kier alpha value is -3.51. The van der Waals surface area contributed by atoms with Gasteiger partial charge in [0.25, 0.3) is 17.1 Å². The van der Waals surface area contributed by atoms with Crippen molar-refractivity contribution in [3.05, 3.63) is 86.8 Å². The normalized spacial score (nSPS) is 14.1. The Morgan fingerprint density at radius 2 is 1.73 bits per heavy atom. The number of para-hydroxylation sites is 2. The van der Waals surface area contributed by atoms with Crippen molar-refractivity contribution in [2.24, 2.45) is 0 Å². The summed E-state index contributed by atoms with van der Waals surface area (Å²) in [5.41, 5.74) is 1.34. The summed E-state index contributed by atoms with van der Waals surface area (Å²) < 4.78 is 17.5. The molecule has 0 spiro atoms. The molecule has 37 heavy (non-hydrogen) atoms. The molecule has 1 N–H and O–H groups in total. The number of amides is 3. The SMILES string of the molecule is COc1cc(/C=C2\SC(=O)N(CCOc3ccccc3)C2=O)cc(I)c1OCC(=O)Nc1ccccc1. The molecular formula is C27H23IN2O6S. The van der Waals surface area contributed by atoms with Crippen molar-refractivity contribution < 1.29 is 28.6 Å². The van der Waals surface area contributed by atoms with E-state index in [-0.39, 0.29) is 36.8 Å². The summed E-state index contributed by atoms with van der Waals surface area (Å²) >= 11 is 2.95. The lowest BCUT2D eigenvalue weighted by Crippen LogP contribution is -2.32. The summed E-state index contributed by atoms with van der Waals surface area (Å²) in [7, 11) is 1.49. The number of methoxy groups -OCH3 is 1. The predicted octanol–water partition coefficient (Wildman–Crippen LogP) is 5.43. The first kappa shape index (κ1) is 26.6.